The Hall–Kier alpha value is -2.05. The fourth-order valence-electron chi connectivity index (χ4n) is 2.76. The zero-order valence-corrected chi connectivity index (χ0v) is 14.9. The molecule has 0 bridgehead atoms. The number of urea groups is 1. The van der Waals surface area contributed by atoms with E-state index < -0.39 is 0 Å². The van der Waals surface area contributed by atoms with Gasteiger partial charge in [0.15, 0.2) is 0 Å². The Labute approximate surface area is 151 Å². The molecule has 0 spiro atoms. The summed E-state index contributed by atoms with van der Waals surface area (Å²) in [5.74, 6) is 0.663. The first-order valence-corrected chi connectivity index (χ1v) is 9.30. The number of hydrogen-bond donors (Lipinski definition) is 1. The number of rotatable bonds is 4. The Morgan fingerprint density at radius 3 is 2.80 bits per heavy atom. The minimum Gasteiger partial charge on any atom is -0.370 e. The zero-order valence-electron chi connectivity index (χ0n) is 14.1. The van der Waals surface area contributed by atoms with Gasteiger partial charge in [0.1, 0.15) is 11.9 Å². The fourth-order valence-corrected chi connectivity index (χ4v) is 3.52. The molecule has 1 fully saturated rings. The van der Waals surface area contributed by atoms with E-state index in [-0.39, 0.29) is 18.0 Å². The monoisotopic (exact) mass is 360 g/mol. The molecular formula is C19H21FN2O2S. The van der Waals surface area contributed by atoms with Gasteiger partial charge in [0, 0.05) is 11.4 Å². The Morgan fingerprint density at radius 1 is 1.28 bits per heavy atom. The third kappa shape index (κ3) is 4.52. The summed E-state index contributed by atoms with van der Waals surface area (Å²) in [7, 11) is 0. The van der Waals surface area contributed by atoms with Crippen LogP contribution in [0.25, 0.3) is 0 Å². The van der Waals surface area contributed by atoms with Crippen molar-refractivity contribution in [3.8, 4) is 0 Å². The minimum atomic E-state index is -0.279. The first-order chi connectivity index (χ1) is 12.2. The van der Waals surface area contributed by atoms with Crippen LogP contribution in [0.1, 0.15) is 18.6 Å². The predicted molar refractivity (Wildman–Crippen MR) is 98.5 cm³/mol. The first-order valence-electron chi connectivity index (χ1n) is 8.32. The SMILES string of the molecule is CCSc1ccccc1NC(=O)N1CCOC(c2ccc(F)cc2)C1. The van der Waals surface area contributed by atoms with Gasteiger partial charge < -0.3 is 15.0 Å². The molecule has 2 aromatic rings. The molecule has 0 aliphatic carbocycles. The minimum absolute atomic E-state index is 0.139. The van der Waals surface area contributed by atoms with Crippen LogP contribution in [0.4, 0.5) is 14.9 Å². The van der Waals surface area contributed by atoms with Crippen LogP contribution in [0.2, 0.25) is 0 Å². The highest BCUT2D eigenvalue weighted by Gasteiger charge is 2.25. The van der Waals surface area contributed by atoms with Gasteiger partial charge in [0.25, 0.3) is 0 Å². The maximum absolute atomic E-state index is 13.1. The van der Waals surface area contributed by atoms with Crippen LogP contribution in [0.15, 0.2) is 53.4 Å². The summed E-state index contributed by atoms with van der Waals surface area (Å²) < 4.78 is 18.8. The second-order valence-corrected chi connectivity index (χ2v) is 7.02. The summed E-state index contributed by atoms with van der Waals surface area (Å²) in [6.45, 7) is 3.52. The lowest BCUT2D eigenvalue weighted by molar-refractivity contribution is -0.0135. The van der Waals surface area contributed by atoms with E-state index in [2.05, 4.69) is 12.2 Å². The second-order valence-electron chi connectivity index (χ2n) is 5.72. The van der Waals surface area contributed by atoms with Crippen LogP contribution >= 0.6 is 11.8 Å². The first kappa shape index (κ1) is 17.8. The van der Waals surface area contributed by atoms with Crippen LogP contribution in [0, 0.1) is 5.82 Å². The maximum atomic E-state index is 13.1. The van der Waals surface area contributed by atoms with Gasteiger partial charge in [-0.15, -0.1) is 11.8 Å². The molecule has 2 amide bonds. The van der Waals surface area contributed by atoms with Crippen molar-refractivity contribution in [1.82, 2.24) is 4.90 Å². The maximum Gasteiger partial charge on any atom is 0.322 e. The van der Waals surface area contributed by atoms with E-state index in [4.69, 9.17) is 4.74 Å². The Balaban J connectivity index is 1.67. The average Bonchev–Trinajstić information content (AvgIpc) is 2.64. The highest BCUT2D eigenvalue weighted by atomic mass is 32.2. The van der Waals surface area contributed by atoms with Crippen molar-refractivity contribution in [2.45, 2.75) is 17.9 Å². The van der Waals surface area contributed by atoms with Gasteiger partial charge in [-0.25, -0.2) is 9.18 Å². The number of amides is 2. The Bertz CT molecular complexity index is 724. The van der Waals surface area contributed by atoms with Crippen molar-refractivity contribution in [2.24, 2.45) is 0 Å². The average molecular weight is 360 g/mol. The topological polar surface area (TPSA) is 41.6 Å². The van der Waals surface area contributed by atoms with Crippen molar-refractivity contribution in [2.75, 3.05) is 30.8 Å². The Kier molecular flexibility index (Phi) is 5.94. The highest BCUT2D eigenvalue weighted by Crippen LogP contribution is 2.28. The van der Waals surface area contributed by atoms with Crippen molar-refractivity contribution >= 4 is 23.5 Å². The van der Waals surface area contributed by atoms with Crippen molar-refractivity contribution in [1.29, 1.82) is 0 Å². The summed E-state index contributed by atoms with van der Waals surface area (Å²) in [5.41, 5.74) is 1.70. The molecule has 4 nitrogen and oxygen atoms in total. The van der Waals surface area contributed by atoms with Crippen LogP contribution < -0.4 is 5.32 Å². The largest absolute Gasteiger partial charge is 0.370 e. The molecule has 0 saturated carbocycles. The number of anilines is 1. The van der Waals surface area contributed by atoms with Gasteiger partial charge >= 0.3 is 6.03 Å². The smallest absolute Gasteiger partial charge is 0.322 e. The number of benzene rings is 2. The van der Waals surface area contributed by atoms with E-state index in [1.807, 2.05) is 24.3 Å². The Morgan fingerprint density at radius 2 is 2.04 bits per heavy atom. The lowest BCUT2D eigenvalue weighted by Gasteiger charge is -2.33. The number of nitrogens with zero attached hydrogens (tertiary/aromatic N) is 1. The predicted octanol–water partition coefficient (Wildman–Crippen LogP) is 4.54. The van der Waals surface area contributed by atoms with E-state index in [0.29, 0.717) is 19.7 Å². The van der Waals surface area contributed by atoms with Crippen molar-refractivity contribution in [3.05, 3.63) is 59.9 Å². The summed E-state index contributed by atoms with van der Waals surface area (Å²) in [6, 6.07) is 13.9. The van der Waals surface area contributed by atoms with Gasteiger partial charge in [-0.3, -0.25) is 0 Å². The third-order valence-corrected chi connectivity index (χ3v) is 4.98. The summed E-state index contributed by atoms with van der Waals surface area (Å²) in [4.78, 5) is 15.4. The van der Waals surface area contributed by atoms with Gasteiger partial charge in [-0.1, -0.05) is 31.2 Å². The van der Waals surface area contributed by atoms with Crippen molar-refractivity contribution < 1.29 is 13.9 Å². The number of nitrogens with one attached hydrogen (secondary N) is 1. The van der Waals surface area contributed by atoms with E-state index in [0.717, 1.165) is 21.9 Å². The lowest BCUT2D eigenvalue weighted by atomic mass is 10.1. The second kappa shape index (κ2) is 8.36. The molecule has 0 radical (unpaired) electrons. The summed E-state index contributed by atoms with van der Waals surface area (Å²) >= 11 is 1.70. The molecule has 1 N–H and O–H groups in total. The van der Waals surface area contributed by atoms with Gasteiger partial charge in [0.2, 0.25) is 0 Å². The number of halogens is 1. The van der Waals surface area contributed by atoms with Crippen molar-refractivity contribution in [3.63, 3.8) is 0 Å². The number of morpholine rings is 1. The number of thioether (sulfide) groups is 1. The molecule has 6 heteroatoms. The molecule has 1 heterocycles. The molecule has 1 atom stereocenters. The number of carbonyl (C=O) groups excluding carboxylic acids is 1. The molecule has 3 rings (SSSR count). The number of carbonyl (C=O) groups is 1. The van der Waals surface area contributed by atoms with Crippen LogP contribution in [-0.4, -0.2) is 36.4 Å². The fraction of sp³-hybridized carbons (Fsp3) is 0.316. The standard InChI is InChI=1S/C19H21FN2O2S/c1-2-25-18-6-4-3-5-16(18)21-19(23)22-11-12-24-17(13-22)14-7-9-15(20)10-8-14/h3-10,17H,2,11-13H2,1H3,(H,21,23). The highest BCUT2D eigenvalue weighted by molar-refractivity contribution is 7.99. The molecule has 1 aliphatic heterocycles. The van der Waals surface area contributed by atoms with Gasteiger partial charge in [-0.2, -0.15) is 0 Å². The molecular weight excluding hydrogens is 339 g/mol. The molecule has 0 aromatic heterocycles. The molecule has 132 valence electrons. The number of hydrogen-bond acceptors (Lipinski definition) is 3. The van der Waals surface area contributed by atoms with Gasteiger partial charge in [-0.05, 0) is 35.6 Å². The number of para-hydroxylation sites is 1. The van der Waals surface area contributed by atoms with E-state index in [1.54, 1.807) is 28.8 Å². The summed E-state index contributed by atoms with van der Waals surface area (Å²) in [6.07, 6.45) is -0.236. The van der Waals surface area contributed by atoms with Crippen LogP contribution in [0.5, 0.6) is 0 Å². The van der Waals surface area contributed by atoms with Crippen LogP contribution in [0.3, 0.4) is 0 Å². The van der Waals surface area contributed by atoms with E-state index in [9.17, 15) is 9.18 Å². The number of ether oxygens (including phenoxy) is 1. The van der Waals surface area contributed by atoms with Gasteiger partial charge in [0.05, 0.1) is 18.8 Å². The third-order valence-electron chi connectivity index (χ3n) is 4.02. The van der Waals surface area contributed by atoms with Crippen LogP contribution in [-0.2, 0) is 4.74 Å². The van der Waals surface area contributed by atoms with E-state index >= 15 is 0 Å². The summed E-state index contributed by atoms with van der Waals surface area (Å²) in [5, 5.41) is 3.00. The normalized spacial score (nSPS) is 17.4. The molecule has 2 aromatic carbocycles. The molecule has 1 saturated heterocycles. The molecule has 25 heavy (non-hydrogen) atoms. The zero-order chi connectivity index (χ0) is 17.6. The molecule has 1 unspecified atom stereocenters. The lowest BCUT2D eigenvalue weighted by Crippen LogP contribution is -2.44. The quantitative estimate of drug-likeness (QED) is 0.814. The molecule has 1 aliphatic rings. The van der Waals surface area contributed by atoms with E-state index in [1.165, 1.54) is 12.1 Å².